The molecule has 1 aromatic rings. The van der Waals surface area contributed by atoms with Crippen LogP contribution < -0.4 is 10.6 Å². The van der Waals surface area contributed by atoms with Crippen LogP contribution in [0, 0.1) is 5.92 Å². The predicted molar refractivity (Wildman–Crippen MR) is 65.0 cm³/mol. The smallest absolute Gasteiger partial charge is 0.0437 e. The second-order valence-electron chi connectivity index (χ2n) is 4.44. The Hall–Kier alpha value is -1.02. The lowest BCUT2D eigenvalue weighted by Gasteiger charge is -2.40. The van der Waals surface area contributed by atoms with Crippen LogP contribution in [0.15, 0.2) is 30.3 Å². The van der Waals surface area contributed by atoms with Gasteiger partial charge in [-0.15, -0.1) is 0 Å². The molecule has 0 radical (unpaired) electrons. The minimum Gasteiger partial charge on any atom is -0.370 e. The zero-order valence-electron chi connectivity index (χ0n) is 9.39. The first kappa shape index (κ1) is 10.5. The van der Waals surface area contributed by atoms with Crippen molar-refractivity contribution in [3.63, 3.8) is 0 Å². The van der Waals surface area contributed by atoms with E-state index < -0.39 is 0 Å². The Balaban J connectivity index is 2.07. The van der Waals surface area contributed by atoms with Crippen LogP contribution in [-0.2, 0) is 0 Å². The summed E-state index contributed by atoms with van der Waals surface area (Å²) in [5, 5.41) is 0. The lowest BCUT2D eigenvalue weighted by atomic mass is 9.79. The van der Waals surface area contributed by atoms with Crippen molar-refractivity contribution in [1.82, 2.24) is 0 Å². The second-order valence-corrected chi connectivity index (χ2v) is 4.44. The molecule has 2 rings (SSSR count). The predicted octanol–water partition coefficient (Wildman–Crippen LogP) is 2.25. The van der Waals surface area contributed by atoms with Gasteiger partial charge in [0.05, 0.1) is 0 Å². The Kier molecular flexibility index (Phi) is 3.27. The van der Waals surface area contributed by atoms with Gasteiger partial charge in [0.2, 0.25) is 0 Å². The molecule has 0 spiro atoms. The third kappa shape index (κ3) is 2.15. The maximum Gasteiger partial charge on any atom is 0.0437 e. The molecule has 1 atom stereocenters. The molecule has 1 aromatic carbocycles. The van der Waals surface area contributed by atoms with Crippen LogP contribution in [0.5, 0.6) is 0 Å². The molecule has 0 amide bonds. The molecule has 2 N–H and O–H groups in total. The van der Waals surface area contributed by atoms with Gasteiger partial charge in [0.15, 0.2) is 0 Å². The summed E-state index contributed by atoms with van der Waals surface area (Å²) >= 11 is 0. The van der Waals surface area contributed by atoms with Crippen LogP contribution in [-0.4, -0.2) is 19.6 Å². The average Bonchev–Trinajstić information content (AvgIpc) is 2.23. The number of likely N-dealkylation sites (N-methyl/N-ethyl adjacent to an activating group) is 1. The normalized spacial score (nSPS) is 18.3. The highest BCUT2D eigenvalue weighted by Gasteiger charge is 2.29. The van der Waals surface area contributed by atoms with E-state index >= 15 is 0 Å². The van der Waals surface area contributed by atoms with Gasteiger partial charge in [-0.1, -0.05) is 24.6 Å². The molecule has 0 saturated heterocycles. The van der Waals surface area contributed by atoms with E-state index in [1.165, 1.54) is 24.9 Å². The van der Waals surface area contributed by atoms with Crippen molar-refractivity contribution < 1.29 is 0 Å². The van der Waals surface area contributed by atoms with Gasteiger partial charge < -0.3 is 10.6 Å². The highest BCUT2D eigenvalue weighted by Crippen LogP contribution is 2.33. The first-order valence-electron chi connectivity index (χ1n) is 5.81. The summed E-state index contributed by atoms with van der Waals surface area (Å²) in [7, 11) is 2.16. The summed E-state index contributed by atoms with van der Waals surface area (Å²) in [5.74, 6) is 0.806. The lowest BCUT2D eigenvalue weighted by molar-refractivity contribution is 0.260. The standard InChI is InChI=1S/C13H20N2/c1-15(12-8-3-2-4-9-12)13(10-14)11-6-5-7-11/h2-4,8-9,11,13H,5-7,10,14H2,1H3. The van der Waals surface area contributed by atoms with Crippen molar-refractivity contribution in [2.45, 2.75) is 25.3 Å². The van der Waals surface area contributed by atoms with Crippen LogP contribution in [0.3, 0.4) is 0 Å². The van der Waals surface area contributed by atoms with Crippen molar-refractivity contribution in [2.24, 2.45) is 11.7 Å². The minimum absolute atomic E-state index is 0.515. The number of nitrogens with two attached hydrogens (primary N) is 1. The molecule has 1 aliphatic rings. The average molecular weight is 204 g/mol. The van der Waals surface area contributed by atoms with Gasteiger partial charge >= 0.3 is 0 Å². The Bertz CT molecular complexity index is 293. The zero-order valence-corrected chi connectivity index (χ0v) is 9.39. The fraction of sp³-hybridized carbons (Fsp3) is 0.538. The number of hydrogen-bond donors (Lipinski definition) is 1. The number of nitrogens with zero attached hydrogens (tertiary/aromatic N) is 1. The molecule has 1 aliphatic carbocycles. The van der Waals surface area contributed by atoms with Crippen molar-refractivity contribution in [3.8, 4) is 0 Å². The molecule has 1 saturated carbocycles. The first-order chi connectivity index (χ1) is 7.33. The third-order valence-electron chi connectivity index (χ3n) is 3.60. The van der Waals surface area contributed by atoms with Gasteiger partial charge in [0.25, 0.3) is 0 Å². The molecule has 2 nitrogen and oxygen atoms in total. The highest BCUT2D eigenvalue weighted by atomic mass is 15.1. The summed E-state index contributed by atoms with van der Waals surface area (Å²) in [4.78, 5) is 2.34. The summed E-state index contributed by atoms with van der Waals surface area (Å²) in [6.45, 7) is 0.760. The molecule has 0 bridgehead atoms. The molecule has 15 heavy (non-hydrogen) atoms. The van der Waals surface area contributed by atoms with Crippen LogP contribution in [0.25, 0.3) is 0 Å². The van der Waals surface area contributed by atoms with Crippen molar-refractivity contribution >= 4 is 5.69 Å². The number of hydrogen-bond acceptors (Lipinski definition) is 2. The highest BCUT2D eigenvalue weighted by molar-refractivity contribution is 5.46. The molecule has 2 heteroatoms. The molecule has 1 fully saturated rings. The molecule has 82 valence electrons. The summed E-state index contributed by atoms with van der Waals surface area (Å²) < 4.78 is 0. The van der Waals surface area contributed by atoms with Gasteiger partial charge in [-0.2, -0.15) is 0 Å². The summed E-state index contributed by atoms with van der Waals surface area (Å²) in [6.07, 6.45) is 4.07. The van der Waals surface area contributed by atoms with Crippen molar-refractivity contribution in [3.05, 3.63) is 30.3 Å². The maximum absolute atomic E-state index is 5.88. The fourth-order valence-electron chi connectivity index (χ4n) is 2.35. The Labute approximate surface area is 92.1 Å². The van der Waals surface area contributed by atoms with Crippen LogP contribution in [0.2, 0.25) is 0 Å². The van der Waals surface area contributed by atoms with Gasteiger partial charge in [-0.3, -0.25) is 0 Å². The van der Waals surface area contributed by atoms with Gasteiger partial charge in [-0.25, -0.2) is 0 Å². The van der Waals surface area contributed by atoms with Crippen molar-refractivity contribution in [2.75, 3.05) is 18.5 Å². The number of anilines is 1. The third-order valence-corrected chi connectivity index (χ3v) is 3.60. The molecular weight excluding hydrogens is 184 g/mol. The van der Waals surface area contributed by atoms with Gasteiger partial charge in [0.1, 0.15) is 0 Å². The Morgan fingerprint density at radius 3 is 2.47 bits per heavy atom. The van der Waals surface area contributed by atoms with E-state index in [0.717, 1.165) is 12.5 Å². The second kappa shape index (κ2) is 4.67. The topological polar surface area (TPSA) is 29.3 Å². The molecule has 0 heterocycles. The summed E-state index contributed by atoms with van der Waals surface area (Å²) in [5.41, 5.74) is 7.16. The van der Waals surface area contributed by atoms with E-state index in [2.05, 4.69) is 42.3 Å². The number of para-hydroxylation sites is 1. The molecule has 0 aliphatic heterocycles. The van der Waals surface area contributed by atoms with Crippen LogP contribution in [0.4, 0.5) is 5.69 Å². The van der Waals surface area contributed by atoms with Crippen LogP contribution in [0.1, 0.15) is 19.3 Å². The zero-order chi connectivity index (χ0) is 10.7. The fourth-order valence-corrected chi connectivity index (χ4v) is 2.35. The summed E-state index contributed by atoms with van der Waals surface area (Å²) in [6, 6.07) is 11.0. The number of rotatable bonds is 4. The van der Waals surface area contributed by atoms with Crippen molar-refractivity contribution in [1.29, 1.82) is 0 Å². The molecular formula is C13H20N2. The maximum atomic E-state index is 5.88. The molecule has 0 aromatic heterocycles. The molecule has 1 unspecified atom stereocenters. The Morgan fingerprint density at radius 1 is 1.33 bits per heavy atom. The number of benzene rings is 1. The monoisotopic (exact) mass is 204 g/mol. The largest absolute Gasteiger partial charge is 0.370 e. The Morgan fingerprint density at radius 2 is 2.00 bits per heavy atom. The van der Waals surface area contributed by atoms with Gasteiger partial charge in [-0.05, 0) is 30.9 Å². The first-order valence-corrected chi connectivity index (χ1v) is 5.81. The van der Waals surface area contributed by atoms with E-state index in [1.807, 2.05) is 0 Å². The van der Waals surface area contributed by atoms with Gasteiger partial charge in [0, 0.05) is 25.3 Å². The van der Waals surface area contributed by atoms with E-state index in [4.69, 9.17) is 5.73 Å². The van der Waals surface area contributed by atoms with E-state index in [1.54, 1.807) is 0 Å². The van der Waals surface area contributed by atoms with E-state index in [-0.39, 0.29) is 0 Å². The van der Waals surface area contributed by atoms with Crippen LogP contribution >= 0.6 is 0 Å². The lowest BCUT2D eigenvalue weighted by Crippen LogP contribution is -2.46. The van der Waals surface area contributed by atoms with E-state index in [9.17, 15) is 0 Å². The van der Waals surface area contributed by atoms with E-state index in [0.29, 0.717) is 6.04 Å². The quantitative estimate of drug-likeness (QED) is 0.815. The minimum atomic E-state index is 0.515. The SMILES string of the molecule is CN(c1ccccc1)C(CN)C1CCC1.